The second-order valence-corrected chi connectivity index (χ2v) is 18.1. The van der Waals surface area contributed by atoms with Gasteiger partial charge in [-0.3, -0.25) is 19.9 Å². The van der Waals surface area contributed by atoms with Crippen LogP contribution in [0.5, 0.6) is 0 Å². The van der Waals surface area contributed by atoms with Crippen molar-refractivity contribution in [3.05, 3.63) is 98.6 Å². The van der Waals surface area contributed by atoms with Gasteiger partial charge < -0.3 is 23.7 Å². The number of hydrogen-bond donors (Lipinski definition) is 0. The molecule has 0 aliphatic rings. The third-order valence-corrected chi connectivity index (χ3v) is 14.3. The molecule has 4 aromatic rings. The Morgan fingerprint density at radius 1 is 0.468 bits per heavy atom. The first kappa shape index (κ1) is 43.5. The van der Waals surface area contributed by atoms with Crippen molar-refractivity contribution >= 4 is 28.0 Å². The summed E-state index contributed by atoms with van der Waals surface area (Å²) in [5.74, 6) is 3.03. The molecule has 0 spiro atoms. The minimum absolute atomic E-state index is 0. The Morgan fingerprint density at radius 2 is 0.766 bits per heavy atom. The van der Waals surface area contributed by atoms with E-state index in [4.69, 9.17) is 23.7 Å². The fourth-order valence-electron chi connectivity index (χ4n) is 5.15. The summed E-state index contributed by atoms with van der Waals surface area (Å²) in [6, 6.07) is 26.0. The number of hydrogen-bond acceptors (Lipinski definition) is 6. The molecule has 4 rings (SSSR count). The van der Waals surface area contributed by atoms with Gasteiger partial charge in [-0.2, -0.15) is 0 Å². The summed E-state index contributed by atoms with van der Waals surface area (Å²) < 4.78 is 0. The van der Waals surface area contributed by atoms with Crippen LogP contribution in [0.2, 0.25) is 24.2 Å². The van der Waals surface area contributed by atoms with Gasteiger partial charge in [0.25, 0.3) is 0 Å². The van der Waals surface area contributed by atoms with E-state index in [1.807, 2.05) is 48.8 Å². The summed E-state index contributed by atoms with van der Waals surface area (Å²) in [4.78, 5) is 18.0. The molecule has 4 heterocycles. The van der Waals surface area contributed by atoms with Gasteiger partial charge in [-0.25, -0.2) is 0 Å². The van der Waals surface area contributed by atoms with Gasteiger partial charge in [-0.05, 0) is 70.4 Å². The summed E-state index contributed by atoms with van der Waals surface area (Å²) in [7, 11) is -1.00. The first-order chi connectivity index (χ1) is 22.1. The Bertz CT molecular complexity index is 1250. The minimum Gasteiger partial charge on any atom is -0.512 e. The largest absolute Gasteiger partial charge is 2.00 e. The number of pyridine rings is 4. The summed E-state index contributed by atoms with van der Waals surface area (Å²) in [5, 5.41) is 15.4. The smallest absolute Gasteiger partial charge is 0.512 e. The molecule has 0 aromatic carbocycles. The predicted octanol–water partition coefficient (Wildman–Crippen LogP) is 8.51. The summed E-state index contributed by atoms with van der Waals surface area (Å²) in [6.07, 6.45) is 7.81. The van der Waals surface area contributed by atoms with Crippen molar-refractivity contribution < 1.29 is 17.1 Å². The van der Waals surface area contributed by atoms with Crippen LogP contribution in [-0.2, 0) is 17.1 Å². The van der Waals surface area contributed by atoms with E-state index in [2.05, 4.69) is 112 Å². The van der Waals surface area contributed by atoms with Crippen LogP contribution in [0.3, 0.4) is 0 Å². The van der Waals surface area contributed by atoms with Gasteiger partial charge in [0.15, 0.2) is 0 Å². The molecule has 4 aromatic heterocycles. The van der Waals surface area contributed by atoms with Crippen molar-refractivity contribution in [1.29, 1.82) is 10.5 Å². The maximum atomic E-state index is 6.25. The molecule has 0 atom stereocenters. The number of aromatic nitrogens is 4. The molecular formula is C38H50FeN6Si2. The van der Waals surface area contributed by atoms with Crippen LogP contribution >= 0.6 is 0 Å². The van der Waals surface area contributed by atoms with Crippen LogP contribution in [0.1, 0.15) is 55.4 Å². The summed E-state index contributed by atoms with van der Waals surface area (Å²) >= 11 is 0. The molecule has 9 heteroatoms. The zero-order valence-electron chi connectivity index (χ0n) is 29.3. The molecule has 0 amide bonds. The van der Waals surface area contributed by atoms with E-state index < -0.39 is 17.6 Å². The van der Waals surface area contributed by atoms with Gasteiger partial charge >= 0.3 is 17.1 Å². The van der Waals surface area contributed by atoms with Gasteiger partial charge in [-0.1, -0.05) is 104 Å². The zero-order valence-corrected chi connectivity index (χ0v) is 32.4. The number of rotatable bonds is 12. The molecule has 0 unspecified atom stereocenters. The Kier molecular flexibility index (Phi) is 22.9. The Morgan fingerprint density at radius 3 is 0.979 bits per heavy atom. The van der Waals surface area contributed by atoms with Crippen LogP contribution < -0.4 is 10.4 Å². The third kappa shape index (κ3) is 16.8. The monoisotopic (exact) mass is 702 g/mol. The van der Waals surface area contributed by atoms with Crippen molar-refractivity contribution in [2.45, 2.75) is 79.6 Å². The van der Waals surface area contributed by atoms with Gasteiger partial charge in [0.1, 0.15) is 0 Å². The van der Waals surface area contributed by atoms with Crippen molar-refractivity contribution in [1.82, 2.24) is 19.9 Å². The second kappa shape index (κ2) is 24.7. The van der Waals surface area contributed by atoms with E-state index >= 15 is 0 Å². The van der Waals surface area contributed by atoms with Crippen LogP contribution in [-0.4, -0.2) is 37.5 Å². The molecule has 0 N–H and O–H groups in total. The molecule has 0 saturated heterocycles. The normalized spacial score (nSPS) is 10.4. The van der Waals surface area contributed by atoms with E-state index in [0.29, 0.717) is 0 Å². The molecule has 0 saturated carbocycles. The first-order valence-electron chi connectivity index (χ1n) is 16.0. The standard InChI is InChI=1S/2C18H25N2Si.2CN.Fe/c2*1-14(2)12-21(13-15(3)4)16-8-9-18(20-11-16)17-7-5-6-10-19-17;2*1-2;/h2*5-11,14-15H,12-13H2,1-4H3;;;/q;;2*-1;+2. The average molecular weight is 703 g/mol. The molecule has 6 nitrogen and oxygen atoms in total. The Hall–Kier alpha value is -3.47. The Balaban J connectivity index is 0.000000799. The summed E-state index contributed by atoms with van der Waals surface area (Å²) in [5.41, 5.74) is 3.83. The van der Waals surface area contributed by atoms with E-state index in [1.165, 1.54) is 34.5 Å². The maximum absolute atomic E-state index is 6.25. The fourth-order valence-corrected chi connectivity index (χ4v) is 11.5. The summed E-state index contributed by atoms with van der Waals surface area (Å²) in [6.45, 7) is 28.1. The molecule has 0 fully saturated rings. The van der Waals surface area contributed by atoms with Crippen LogP contribution in [0, 0.1) is 47.3 Å². The quantitative estimate of drug-likeness (QED) is 0.108. The van der Waals surface area contributed by atoms with Gasteiger partial charge in [0.2, 0.25) is 0 Å². The van der Waals surface area contributed by atoms with Crippen molar-refractivity contribution in [3.63, 3.8) is 0 Å². The fraction of sp³-hybridized carbons (Fsp3) is 0.421. The van der Waals surface area contributed by atoms with Crippen LogP contribution in [0.15, 0.2) is 85.5 Å². The second-order valence-electron chi connectivity index (χ2n) is 12.9. The van der Waals surface area contributed by atoms with E-state index in [0.717, 1.165) is 46.4 Å². The first-order valence-corrected chi connectivity index (χ1v) is 19.8. The third-order valence-electron chi connectivity index (χ3n) is 6.82. The molecule has 2 radical (unpaired) electrons. The molecule has 0 aliphatic heterocycles. The van der Waals surface area contributed by atoms with Crippen LogP contribution in [0.4, 0.5) is 0 Å². The van der Waals surface area contributed by atoms with Crippen molar-refractivity contribution in [2.75, 3.05) is 0 Å². The molecule has 0 aliphatic carbocycles. The van der Waals surface area contributed by atoms with E-state index in [-0.39, 0.29) is 17.1 Å². The number of nitrogens with zero attached hydrogens (tertiary/aromatic N) is 6. The van der Waals surface area contributed by atoms with E-state index in [9.17, 15) is 0 Å². The van der Waals surface area contributed by atoms with Gasteiger partial charge in [0, 0.05) is 24.8 Å². The predicted molar refractivity (Wildman–Crippen MR) is 194 cm³/mol. The van der Waals surface area contributed by atoms with Crippen molar-refractivity contribution in [2.24, 2.45) is 23.7 Å². The molecule has 248 valence electrons. The molecular weight excluding hydrogens is 652 g/mol. The Labute approximate surface area is 298 Å². The SMILES string of the molecule is CC(C)C[Si](CC(C)C)c1ccc(-c2ccccn2)nc1.CC(C)C[Si](CC(C)C)c1ccc(-c2ccccn2)nc1.[C-]#N.[C-]#N.[Fe+2]. The minimum atomic E-state index is -0.502. The van der Waals surface area contributed by atoms with Gasteiger partial charge in [0.05, 0.1) is 40.4 Å². The molecule has 47 heavy (non-hydrogen) atoms. The average Bonchev–Trinajstić information content (AvgIpc) is 3.06. The molecule has 0 bridgehead atoms. The van der Waals surface area contributed by atoms with Crippen molar-refractivity contribution in [3.8, 4) is 22.8 Å². The van der Waals surface area contributed by atoms with Gasteiger partial charge in [-0.15, -0.1) is 0 Å². The maximum Gasteiger partial charge on any atom is 2.00 e. The topological polar surface area (TPSA) is 99.1 Å². The zero-order chi connectivity index (χ0) is 34.5. The van der Waals surface area contributed by atoms with E-state index in [1.54, 1.807) is 0 Å². The van der Waals surface area contributed by atoms with Crippen LogP contribution in [0.25, 0.3) is 22.8 Å².